The Balaban J connectivity index is 0.000000616. The van der Waals surface area contributed by atoms with Crippen LogP contribution in [0.15, 0.2) is 60.8 Å². The highest BCUT2D eigenvalue weighted by molar-refractivity contribution is 7.22. The van der Waals surface area contributed by atoms with Gasteiger partial charge in [-0.25, -0.2) is 14.6 Å². The third-order valence-electron chi connectivity index (χ3n) is 5.45. The summed E-state index contributed by atoms with van der Waals surface area (Å²) in [4.78, 5) is 40.3. The molecule has 2 heterocycles. The Morgan fingerprint density at radius 1 is 0.929 bits per heavy atom. The van der Waals surface area contributed by atoms with Crippen molar-refractivity contribution in [3.8, 4) is 11.1 Å². The summed E-state index contributed by atoms with van der Waals surface area (Å²) in [5, 5.41) is 22.2. The predicted octanol–water partition coefficient (Wildman–Crippen LogP) is 6.35. The number of hydrogen-bond acceptors (Lipinski definition) is 7. The molecule has 222 valence electrons. The van der Waals surface area contributed by atoms with Crippen molar-refractivity contribution >= 4 is 50.3 Å². The molecule has 16 heteroatoms. The van der Waals surface area contributed by atoms with E-state index < -0.39 is 41.8 Å². The van der Waals surface area contributed by atoms with E-state index in [1.807, 2.05) is 12.1 Å². The number of alkyl halides is 6. The number of thiazole rings is 1. The summed E-state index contributed by atoms with van der Waals surface area (Å²) < 4.78 is 70.7. The maximum absolute atomic E-state index is 12.9. The zero-order valence-corrected chi connectivity index (χ0v) is 22.1. The van der Waals surface area contributed by atoms with E-state index in [1.165, 1.54) is 0 Å². The molecular formula is C26H20F6N4O5S. The Morgan fingerprint density at radius 3 is 1.95 bits per heavy atom. The summed E-state index contributed by atoms with van der Waals surface area (Å²) in [6.45, 7) is 1.68. The molecule has 0 aliphatic heterocycles. The molecule has 42 heavy (non-hydrogen) atoms. The number of aromatic nitrogens is 2. The predicted molar refractivity (Wildman–Crippen MR) is 140 cm³/mol. The number of halogens is 6. The minimum Gasteiger partial charge on any atom is -0.480 e. The largest absolute Gasteiger partial charge is 0.490 e. The summed E-state index contributed by atoms with van der Waals surface area (Å²) >= 11 is 1.08. The van der Waals surface area contributed by atoms with Crippen LogP contribution in [-0.2, 0) is 15.8 Å². The molecular weight excluding hydrogens is 594 g/mol. The Morgan fingerprint density at radius 2 is 1.48 bits per heavy atom. The summed E-state index contributed by atoms with van der Waals surface area (Å²) in [5.41, 5.74) is 2.19. The van der Waals surface area contributed by atoms with Crippen molar-refractivity contribution in [3.05, 3.63) is 71.9 Å². The number of benzene rings is 2. The molecule has 0 unspecified atom stereocenters. The maximum Gasteiger partial charge on any atom is 0.490 e. The summed E-state index contributed by atoms with van der Waals surface area (Å²) in [5.74, 6) is -4.30. The maximum atomic E-state index is 12.9. The van der Waals surface area contributed by atoms with Crippen LogP contribution in [0.25, 0.3) is 21.5 Å². The second-order valence-electron chi connectivity index (χ2n) is 8.42. The highest BCUT2D eigenvalue weighted by atomic mass is 32.1. The first-order chi connectivity index (χ1) is 19.6. The van der Waals surface area contributed by atoms with Crippen molar-refractivity contribution in [2.45, 2.75) is 31.7 Å². The van der Waals surface area contributed by atoms with Crippen LogP contribution in [0.3, 0.4) is 0 Å². The van der Waals surface area contributed by atoms with Crippen LogP contribution < -0.4 is 10.6 Å². The van der Waals surface area contributed by atoms with Gasteiger partial charge in [-0.2, -0.15) is 31.3 Å². The molecule has 2 aromatic carbocycles. The van der Waals surface area contributed by atoms with Crippen LogP contribution in [0, 0.1) is 0 Å². The number of nitrogens with zero attached hydrogens (tertiary/aromatic N) is 2. The minimum absolute atomic E-state index is 0.236. The first kappa shape index (κ1) is 31.8. The van der Waals surface area contributed by atoms with Crippen LogP contribution in [-0.4, -0.2) is 50.2 Å². The van der Waals surface area contributed by atoms with Crippen LogP contribution in [0.4, 0.5) is 37.2 Å². The van der Waals surface area contributed by atoms with Crippen LogP contribution in [0.2, 0.25) is 0 Å². The summed E-state index contributed by atoms with van der Waals surface area (Å²) in [7, 11) is 0. The van der Waals surface area contributed by atoms with Gasteiger partial charge in [0, 0.05) is 17.4 Å². The van der Waals surface area contributed by atoms with Gasteiger partial charge in [0.2, 0.25) is 0 Å². The van der Waals surface area contributed by atoms with Gasteiger partial charge in [0.05, 0.1) is 10.3 Å². The Bertz CT molecular complexity index is 1570. The van der Waals surface area contributed by atoms with E-state index in [9.17, 15) is 35.9 Å². The monoisotopic (exact) mass is 614 g/mol. The van der Waals surface area contributed by atoms with E-state index in [1.54, 1.807) is 43.3 Å². The first-order valence-corrected chi connectivity index (χ1v) is 12.5. The topological polar surface area (TPSA) is 142 Å². The van der Waals surface area contributed by atoms with E-state index in [-0.39, 0.29) is 12.1 Å². The van der Waals surface area contributed by atoms with Gasteiger partial charge in [-0.3, -0.25) is 4.79 Å². The minimum atomic E-state index is -5.08. The molecule has 0 aliphatic carbocycles. The van der Waals surface area contributed by atoms with Gasteiger partial charge in [-0.15, -0.1) is 0 Å². The molecule has 0 fully saturated rings. The van der Waals surface area contributed by atoms with E-state index in [4.69, 9.17) is 15.0 Å². The number of carbonyl (C=O) groups is 3. The number of carboxylic acids is 2. The van der Waals surface area contributed by atoms with Gasteiger partial charge in [-0.1, -0.05) is 42.5 Å². The fraction of sp³-hybridized carbons (Fsp3) is 0.192. The molecule has 0 saturated carbocycles. The van der Waals surface area contributed by atoms with Crippen molar-refractivity contribution in [2.24, 2.45) is 0 Å². The van der Waals surface area contributed by atoms with Crippen LogP contribution >= 0.6 is 11.3 Å². The Kier molecular flexibility index (Phi) is 9.72. The molecule has 0 bridgehead atoms. The molecule has 4 rings (SSSR count). The second kappa shape index (κ2) is 12.8. The van der Waals surface area contributed by atoms with Gasteiger partial charge in [0.15, 0.2) is 10.8 Å². The van der Waals surface area contributed by atoms with Crippen molar-refractivity contribution in [1.29, 1.82) is 0 Å². The summed E-state index contributed by atoms with van der Waals surface area (Å²) in [6, 6.07) is 14.1. The highest BCUT2D eigenvalue weighted by Crippen LogP contribution is 2.34. The molecule has 2 aromatic heterocycles. The van der Waals surface area contributed by atoms with Crippen molar-refractivity contribution < 1.29 is 50.9 Å². The zero-order valence-electron chi connectivity index (χ0n) is 21.2. The normalized spacial score (nSPS) is 12.2. The molecule has 4 N–H and O–H groups in total. The fourth-order valence-electron chi connectivity index (χ4n) is 3.29. The fourth-order valence-corrected chi connectivity index (χ4v) is 4.18. The molecule has 1 atom stereocenters. The third kappa shape index (κ3) is 8.39. The van der Waals surface area contributed by atoms with Crippen molar-refractivity contribution in [3.63, 3.8) is 0 Å². The molecule has 1 amide bonds. The zero-order chi connectivity index (χ0) is 31.2. The number of hydrogen-bond donors (Lipinski definition) is 4. The number of aliphatic carboxylic acids is 2. The quantitative estimate of drug-likeness (QED) is 0.177. The molecule has 0 aliphatic rings. The number of pyridine rings is 1. The van der Waals surface area contributed by atoms with Crippen LogP contribution in [0.5, 0.6) is 0 Å². The number of nitrogens with one attached hydrogen (secondary N) is 2. The standard InChI is InChI=1S/C24H19F3N4O3S.C2HF3O2/c1-2-18(22(33)34)30-21(32)15-5-3-13(4-6-15)14-7-9-17(10-8-14)29-23-31-20-19(35-23)11-16(12-28-20)24(25,26)27;3-2(4,5)1(6)7/h3-12,18H,2H2,1H3,(H,30,32)(H,33,34)(H,28,29,31);(H,6,7)/t18-;/m0./s1. The number of fused-ring (bicyclic) bond motifs is 1. The highest BCUT2D eigenvalue weighted by Gasteiger charge is 2.38. The average molecular weight is 615 g/mol. The smallest absolute Gasteiger partial charge is 0.480 e. The number of carboxylic acid groups (broad SMARTS) is 2. The van der Waals surface area contributed by atoms with Gasteiger partial charge < -0.3 is 20.8 Å². The lowest BCUT2D eigenvalue weighted by Gasteiger charge is -2.12. The van der Waals surface area contributed by atoms with Gasteiger partial charge in [0.25, 0.3) is 5.91 Å². The molecule has 0 saturated heterocycles. The van der Waals surface area contributed by atoms with E-state index >= 15 is 0 Å². The summed E-state index contributed by atoms with van der Waals surface area (Å²) in [6.07, 6.45) is -8.50. The number of amides is 1. The Labute approximate surface area is 236 Å². The molecule has 4 aromatic rings. The molecule has 9 nitrogen and oxygen atoms in total. The number of rotatable bonds is 7. The molecule has 0 spiro atoms. The number of carbonyl (C=O) groups excluding carboxylic acids is 1. The number of anilines is 2. The van der Waals surface area contributed by atoms with E-state index in [0.29, 0.717) is 21.1 Å². The lowest BCUT2D eigenvalue weighted by Crippen LogP contribution is -2.40. The third-order valence-corrected chi connectivity index (χ3v) is 6.35. The second-order valence-corrected chi connectivity index (χ2v) is 9.45. The van der Waals surface area contributed by atoms with Gasteiger partial charge in [-0.05, 0) is 47.9 Å². The SMILES string of the molecule is CC[C@H](NC(=O)c1ccc(-c2ccc(Nc3nc4ncc(C(F)(F)F)cc4s3)cc2)cc1)C(=O)O.O=C(O)C(F)(F)F. The van der Waals surface area contributed by atoms with Crippen molar-refractivity contribution in [1.82, 2.24) is 15.3 Å². The van der Waals surface area contributed by atoms with Crippen LogP contribution in [0.1, 0.15) is 29.3 Å². The lowest BCUT2D eigenvalue weighted by atomic mass is 10.0. The van der Waals surface area contributed by atoms with Crippen molar-refractivity contribution in [2.75, 3.05) is 5.32 Å². The first-order valence-electron chi connectivity index (χ1n) is 11.7. The lowest BCUT2D eigenvalue weighted by molar-refractivity contribution is -0.192. The average Bonchev–Trinajstić information content (AvgIpc) is 3.33. The van der Waals surface area contributed by atoms with Gasteiger partial charge in [0.1, 0.15) is 6.04 Å². The van der Waals surface area contributed by atoms with E-state index in [0.717, 1.165) is 34.7 Å². The van der Waals surface area contributed by atoms with E-state index in [2.05, 4.69) is 20.6 Å². The Hall–Kier alpha value is -4.73. The van der Waals surface area contributed by atoms with Gasteiger partial charge >= 0.3 is 24.3 Å². The molecule has 0 radical (unpaired) electrons.